The van der Waals surface area contributed by atoms with E-state index in [2.05, 4.69) is 41.3 Å². The number of nitrogens with one attached hydrogen (secondary N) is 1. The molecule has 0 atom stereocenters. The summed E-state index contributed by atoms with van der Waals surface area (Å²) in [5.74, 6) is 0.478. The third kappa shape index (κ3) is 3.74. The van der Waals surface area contributed by atoms with Gasteiger partial charge >= 0.3 is 0 Å². The van der Waals surface area contributed by atoms with Crippen molar-refractivity contribution in [3.8, 4) is 11.1 Å². The van der Waals surface area contributed by atoms with Gasteiger partial charge in [0.05, 0.1) is 11.9 Å². The minimum Gasteiger partial charge on any atom is -0.398 e. The van der Waals surface area contributed by atoms with Crippen molar-refractivity contribution >= 4 is 17.4 Å². The Bertz CT molecular complexity index is 933. The Morgan fingerprint density at radius 2 is 2.08 bits per heavy atom. The molecule has 136 valence electrons. The van der Waals surface area contributed by atoms with Gasteiger partial charge in [0, 0.05) is 53.9 Å². The number of nitrogens with zero attached hydrogens (tertiary/aromatic N) is 5. The second-order valence-corrected chi connectivity index (χ2v) is 7.23. The molecule has 0 saturated carbocycles. The van der Waals surface area contributed by atoms with Crippen molar-refractivity contribution < 1.29 is 4.79 Å². The summed E-state index contributed by atoms with van der Waals surface area (Å²) >= 11 is 0. The van der Waals surface area contributed by atoms with Crippen molar-refractivity contribution in [2.24, 2.45) is 7.05 Å². The molecule has 3 rings (SSSR count). The van der Waals surface area contributed by atoms with E-state index in [1.54, 1.807) is 40.2 Å². The summed E-state index contributed by atoms with van der Waals surface area (Å²) in [5, 5.41) is 11.6. The first-order valence-electron chi connectivity index (χ1n) is 8.31. The van der Waals surface area contributed by atoms with E-state index in [0.29, 0.717) is 11.5 Å². The molecule has 3 N–H and O–H groups in total. The van der Waals surface area contributed by atoms with Gasteiger partial charge in [-0.2, -0.15) is 10.2 Å². The average Bonchev–Trinajstić information content (AvgIpc) is 3.15. The summed E-state index contributed by atoms with van der Waals surface area (Å²) in [7, 11) is 1.81. The number of pyridine rings is 1. The van der Waals surface area contributed by atoms with Crippen LogP contribution in [0.15, 0.2) is 36.9 Å². The number of aryl methyl sites for hydroxylation is 1. The molecule has 0 spiro atoms. The monoisotopic (exact) mass is 353 g/mol. The molecule has 3 aromatic rings. The number of anilines is 2. The fourth-order valence-corrected chi connectivity index (χ4v) is 2.52. The highest BCUT2D eigenvalue weighted by molar-refractivity contribution is 5.89. The zero-order valence-corrected chi connectivity index (χ0v) is 15.4. The Balaban J connectivity index is 1.70. The fourth-order valence-electron chi connectivity index (χ4n) is 2.52. The van der Waals surface area contributed by atoms with Crippen LogP contribution in [0.2, 0.25) is 0 Å². The number of carbonyl (C=O) groups excluding carboxylic acids is 1. The number of carbonyl (C=O) groups is 1. The first kappa shape index (κ1) is 17.7. The van der Waals surface area contributed by atoms with Crippen LogP contribution in [0.4, 0.5) is 11.5 Å². The number of rotatable bonds is 4. The van der Waals surface area contributed by atoms with Gasteiger partial charge in [0.1, 0.15) is 12.4 Å². The summed E-state index contributed by atoms with van der Waals surface area (Å²) in [6.07, 6.45) is 6.76. The van der Waals surface area contributed by atoms with Crippen LogP contribution >= 0.6 is 0 Å². The van der Waals surface area contributed by atoms with Gasteiger partial charge < -0.3 is 11.1 Å². The summed E-state index contributed by atoms with van der Waals surface area (Å²) in [6.45, 7) is 6.33. The number of hydrogen-bond donors (Lipinski definition) is 2. The van der Waals surface area contributed by atoms with E-state index in [1.165, 1.54) is 0 Å². The average molecular weight is 353 g/mol. The molecule has 3 heterocycles. The van der Waals surface area contributed by atoms with E-state index < -0.39 is 0 Å². The lowest BCUT2D eigenvalue weighted by molar-refractivity contribution is -0.116. The van der Waals surface area contributed by atoms with Gasteiger partial charge in [-0.3, -0.25) is 19.1 Å². The molecule has 0 aliphatic carbocycles. The standard InChI is InChI=1S/C18H23N7O/c1-18(2,3)15-7-16(24(4)23-15)22-17(26)11-25-10-12(8-21-25)13-9-20-6-5-14(13)19/h5-10H,11H2,1-4H3,(H2,19,20)(H,22,26). The SMILES string of the molecule is Cn1nc(C(C)(C)C)cc1NC(=O)Cn1cc(-c2cnccc2N)cn1. The zero-order valence-electron chi connectivity index (χ0n) is 15.4. The van der Waals surface area contributed by atoms with Gasteiger partial charge in [0.25, 0.3) is 0 Å². The smallest absolute Gasteiger partial charge is 0.247 e. The van der Waals surface area contributed by atoms with Crippen LogP contribution in [-0.2, 0) is 23.8 Å². The summed E-state index contributed by atoms with van der Waals surface area (Å²) in [6, 6.07) is 3.62. The highest BCUT2D eigenvalue weighted by atomic mass is 16.2. The predicted octanol–water partition coefficient (Wildman–Crippen LogP) is 2.20. The van der Waals surface area contributed by atoms with Crippen molar-refractivity contribution in [1.29, 1.82) is 0 Å². The number of nitrogens with two attached hydrogens (primary N) is 1. The molecule has 8 nitrogen and oxygen atoms in total. The molecule has 0 aliphatic rings. The third-order valence-electron chi connectivity index (χ3n) is 4.02. The minimum atomic E-state index is -0.178. The summed E-state index contributed by atoms with van der Waals surface area (Å²) in [5.41, 5.74) is 9.02. The summed E-state index contributed by atoms with van der Waals surface area (Å²) < 4.78 is 3.24. The largest absolute Gasteiger partial charge is 0.398 e. The molecule has 1 amide bonds. The number of aromatic nitrogens is 5. The van der Waals surface area contributed by atoms with Crippen LogP contribution in [0.3, 0.4) is 0 Å². The van der Waals surface area contributed by atoms with Gasteiger partial charge in [0.15, 0.2) is 0 Å². The molecule has 0 radical (unpaired) electrons. The normalized spacial score (nSPS) is 11.5. The first-order valence-corrected chi connectivity index (χ1v) is 8.31. The Morgan fingerprint density at radius 1 is 1.31 bits per heavy atom. The molecular weight excluding hydrogens is 330 g/mol. The predicted molar refractivity (Wildman–Crippen MR) is 100 cm³/mol. The fraction of sp³-hybridized carbons (Fsp3) is 0.333. The Morgan fingerprint density at radius 3 is 2.73 bits per heavy atom. The van der Waals surface area contributed by atoms with Crippen molar-refractivity contribution in [3.05, 3.63) is 42.6 Å². The van der Waals surface area contributed by atoms with Crippen LogP contribution in [0.1, 0.15) is 26.5 Å². The maximum Gasteiger partial charge on any atom is 0.247 e. The lowest BCUT2D eigenvalue weighted by Gasteiger charge is -2.13. The molecular formula is C18H23N7O. The van der Waals surface area contributed by atoms with Gasteiger partial charge in [-0.15, -0.1) is 0 Å². The van der Waals surface area contributed by atoms with Gasteiger partial charge in [-0.05, 0) is 6.07 Å². The maximum absolute atomic E-state index is 12.4. The zero-order chi connectivity index (χ0) is 18.9. The van der Waals surface area contributed by atoms with Crippen molar-refractivity contribution in [2.45, 2.75) is 32.7 Å². The second-order valence-electron chi connectivity index (χ2n) is 7.23. The first-order chi connectivity index (χ1) is 12.2. The molecule has 0 saturated heterocycles. The third-order valence-corrected chi connectivity index (χ3v) is 4.02. The van der Waals surface area contributed by atoms with Crippen LogP contribution in [0.5, 0.6) is 0 Å². The van der Waals surface area contributed by atoms with Crippen LogP contribution < -0.4 is 11.1 Å². The highest BCUT2D eigenvalue weighted by Crippen LogP contribution is 2.24. The second kappa shape index (κ2) is 6.62. The van der Waals surface area contributed by atoms with Gasteiger partial charge in [-0.1, -0.05) is 20.8 Å². The van der Waals surface area contributed by atoms with E-state index in [1.807, 2.05) is 13.1 Å². The van der Waals surface area contributed by atoms with Gasteiger partial charge in [-0.25, -0.2) is 0 Å². The topological polar surface area (TPSA) is 104 Å². The van der Waals surface area contributed by atoms with E-state index in [9.17, 15) is 4.79 Å². The van der Waals surface area contributed by atoms with Crippen LogP contribution in [0.25, 0.3) is 11.1 Å². The number of amides is 1. The molecule has 0 fully saturated rings. The van der Waals surface area contributed by atoms with E-state index >= 15 is 0 Å². The number of nitrogen functional groups attached to an aromatic ring is 1. The van der Waals surface area contributed by atoms with E-state index in [0.717, 1.165) is 16.8 Å². The molecule has 26 heavy (non-hydrogen) atoms. The lowest BCUT2D eigenvalue weighted by Crippen LogP contribution is -2.20. The van der Waals surface area contributed by atoms with Crippen molar-refractivity contribution in [3.63, 3.8) is 0 Å². The van der Waals surface area contributed by atoms with Gasteiger partial charge in [0.2, 0.25) is 5.91 Å². The summed E-state index contributed by atoms with van der Waals surface area (Å²) in [4.78, 5) is 16.4. The van der Waals surface area contributed by atoms with Crippen molar-refractivity contribution in [1.82, 2.24) is 24.5 Å². The quantitative estimate of drug-likeness (QED) is 0.748. The molecule has 8 heteroatoms. The maximum atomic E-state index is 12.4. The Kier molecular flexibility index (Phi) is 4.50. The van der Waals surface area contributed by atoms with Crippen LogP contribution in [0, 0.1) is 0 Å². The minimum absolute atomic E-state index is 0.0821. The molecule has 0 aromatic carbocycles. The molecule has 0 bridgehead atoms. The van der Waals surface area contributed by atoms with Crippen molar-refractivity contribution in [2.75, 3.05) is 11.1 Å². The lowest BCUT2D eigenvalue weighted by atomic mass is 9.92. The molecule has 3 aromatic heterocycles. The molecule has 0 aliphatic heterocycles. The number of hydrogen-bond acceptors (Lipinski definition) is 5. The van der Waals surface area contributed by atoms with E-state index in [4.69, 9.17) is 5.73 Å². The highest BCUT2D eigenvalue weighted by Gasteiger charge is 2.19. The molecule has 0 unspecified atom stereocenters. The van der Waals surface area contributed by atoms with E-state index in [-0.39, 0.29) is 17.9 Å². The Labute approximate surface area is 152 Å². The van der Waals surface area contributed by atoms with Crippen LogP contribution in [-0.4, -0.2) is 30.5 Å². The Hall–Kier alpha value is -3.16.